The molecule has 9 nitrogen and oxygen atoms in total. The molecule has 1 saturated heterocycles. The zero-order chi connectivity index (χ0) is 23.9. The van der Waals surface area contributed by atoms with Crippen LogP contribution in [0.1, 0.15) is 71.7 Å². The molecule has 180 valence electrons. The van der Waals surface area contributed by atoms with Crippen molar-refractivity contribution < 1.29 is 24.2 Å². The largest absolute Gasteiger partial charge is 0.443 e. The van der Waals surface area contributed by atoms with E-state index in [0.29, 0.717) is 18.8 Å². The molecule has 1 amide bonds. The van der Waals surface area contributed by atoms with Crippen molar-refractivity contribution in [1.29, 1.82) is 0 Å². The van der Waals surface area contributed by atoms with E-state index in [-0.39, 0.29) is 29.9 Å². The molecule has 0 saturated carbocycles. The number of amides is 1. The Kier molecular flexibility index (Phi) is 6.91. The monoisotopic (exact) mass is 466 g/mol. The molecule has 1 fully saturated rings. The van der Waals surface area contributed by atoms with Crippen LogP contribution in [0.2, 0.25) is 18.1 Å². The molecule has 0 radical (unpaired) electrons. The van der Waals surface area contributed by atoms with Gasteiger partial charge >= 0.3 is 6.09 Å². The van der Waals surface area contributed by atoms with Gasteiger partial charge in [-0.2, -0.15) is 0 Å². The van der Waals surface area contributed by atoms with Gasteiger partial charge in [0.05, 0.1) is 24.7 Å². The molecule has 1 aromatic rings. The molecule has 1 aromatic heterocycles. The third kappa shape index (κ3) is 5.41. The Morgan fingerprint density at radius 3 is 2.53 bits per heavy atom. The minimum Gasteiger partial charge on any atom is -0.443 e. The van der Waals surface area contributed by atoms with E-state index in [2.05, 4.69) is 23.8 Å². The number of aromatic nitrogens is 2. The molecule has 0 unspecified atom stereocenters. The van der Waals surface area contributed by atoms with Crippen molar-refractivity contribution in [3.8, 4) is 0 Å². The van der Waals surface area contributed by atoms with Gasteiger partial charge in [0, 0.05) is 12.5 Å². The number of aliphatic imine (C=N–C) groups is 1. The van der Waals surface area contributed by atoms with Crippen molar-refractivity contribution >= 4 is 26.6 Å². The Balaban J connectivity index is 1.96. The highest BCUT2D eigenvalue weighted by Crippen LogP contribution is 2.47. The molecule has 0 spiro atoms. The first-order chi connectivity index (χ1) is 14.7. The summed E-state index contributed by atoms with van der Waals surface area (Å²) in [7, 11) is -2.49. The van der Waals surface area contributed by atoms with Crippen molar-refractivity contribution in [2.75, 3.05) is 13.2 Å². The molecule has 3 atom stereocenters. The summed E-state index contributed by atoms with van der Waals surface area (Å²) in [6.07, 6.45) is 4.51. The third-order valence-corrected chi connectivity index (χ3v) is 10.1. The van der Waals surface area contributed by atoms with Crippen LogP contribution in [0, 0.1) is 0 Å². The lowest BCUT2D eigenvalue weighted by Gasteiger charge is -2.38. The van der Waals surface area contributed by atoms with Gasteiger partial charge in [-0.25, -0.2) is 14.8 Å². The SMILES string of the molecule is CC(C)(C)OC(=O)N1C=Nc2c(ncn2[C@H]2CC[C@@H](CO)O2)[C@H](CC(C)(C)[Si](C)(C)O)C1. The Morgan fingerprint density at radius 1 is 1.28 bits per heavy atom. The predicted molar refractivity (Wildman–Crippen MR) is 125 cm³/mol. The van der Waals surface area contributed by atoms with Crippen molar-refractivity contribution in [2.45, 2.75) is 95.9 Å². The van der Waals surface area contributed by atoms with Crippen LogP contribution in [0.4, 0.5) is 10.6 Å². The summed E-state index contributed by atoms with van der Waals surface area (Å²) < 4.78 is 13.4. The maximum atomic E-state index is 12.9. The van der Waals surface area contributed by atoms with Gasteiger partial charge in [0.1, 0.15) is 18.2 Å². The second-order valence-electron chi connectivity index (χ2n) is 11.1. The molecule has 2 aliphatic rings. The number of rotatable bonds is 5. The van der Waals surface area contributed by atoms with Crippen LogP contribution in [0.25, 0.3) is 0 Å². The van der Waals surface area contributed by atoms with Crippen LogP contribution in [-0.2, 0) is 9.47 Å². The molecule has 0 aromatic carbocycles. The summed E-state index contributed by atoms with van der Waals surface area (Å²) in [5, 5.41) is 9.13. The van der Waals surface area contributed by atoms with Gasteiger partial charge in [-0.15, -0.1) is 0 Å². The summed E-state index contributed by atoms with van der Waals surface area (Å²) >= 11 is 0. The minimum atomic E-state index is -2.49. The van der Waals surface area contributed by atoms with Gasteiger partial charge in [0.25, 0.3) is 0 Å². The average Bonchev–Trinajstić information content (AvgIpc) is 3.24. The lowest BCUT2D eigenvalue weighted by atomic mass is 9.92. The molecule has 3 rings (SSSR count). The van der Waals surface area contributed by atoms with E-state index in [0.717, 1.165) is 18.5 Å². The van der Waals surface area contributed by atoms with E-state index in [4.69, 9.17) is 9.47 Å². The second kappa shape index (κ2) is 8.89. The fourth-order valence-electron chi connectivity index (χ4n) is 3.99. The van der Waals surface area contributed by atoms with Crippen LogP contribution >= 0.6 is 0 Å². The van der Waals surface area contributed by atoms with E-state index in [1.807, 2.05) is 38.4 Å². The molecule has 3 heterocycles. The van der Waals surface area contributed by atoms with E-state index in [9.17, 15) is 14.7 Å². The molecular weight excluding hydrogens is 428 g/mol. The number of hydrogen-bond acceptors (Lipinski definition) is 7. The van der Waals surface area contributed by atoms with Crippen LogP contribution < -0.4 is 0 Å². The highest BCUT2D eigenvalue weighted by atomic mass is 28.4. The minimum absolute atomic E-state index is 0.0178. The van der Waals surface area contributed by atoms with Crippen molar-refractivity contribution in [3.63, 3.8) is 0 Å². The van der Waals surface area contributed by atoms with Crippen LogP contribution in [-0.4, -0.2) is 70.0 Å². The molecular formula is C22H38N4O5Si. The molecule has 0 bridgehead atoms. The number of carbonyl (C=O) groups excluding carboxylic acids is 1. The van der Waals surface area contributed by atoms with E-state index < -0.39 is 20.0 Å². The fourth-order valence-corrected chi connectivity index (χ4v) is 4.74. The van der Waals surface area contributed by atoms with Gasteiger partial charge in [-0.3, -0.25) is 9.47 Å². The quantitative estimate of drug-likeness (QED) is 0.637. The van der Waals surface area contributed by atoms with E-state index in [1.165, 1.54) is 11.2 Å². The van der Waals surface area contributed by atoms with Crippen LogP contribution in [0.15, 0.2) is 11.3 Å². The predicted octanol–water partition coefficient (Wildman–Crippen LogP) is 3.91. The highest BCUT2D eigenvalue weighted by molar-refractivity contribution is 6.72. The molecule has 10 heteroatoms. The first-order valence-corrected chi connectivity index (χ1v) is 14.3. The summed E-state index contributed by atoms with van der Waals surface area (Å²) in [6, 6.07) is 0. The van der Waals surface area contributed by atoms with Crippen LogP contribution in [0.3, 0.4) is 0 Å². The average molecular weight is 467 g/mol. The lowest BCUT2D eigenvalue weighted by molar-refractivity contribution is -0.0216. The summed E-state index contributed by atoms with van der Waals surface area (Å²) in [5.74, 6) is 0.517. The maximum absolute atomic E-state index is 12.9. The van der Waals surface area contributed by atoms with Gasteiger partial charge < -0.3 is 19.4 Å². The van der Waals surface area contributed by atoms with Gasteiger partial charge in [-0.05, 0) is 58.2 Å². The number of nitrogens with zero attached hydrogens (tertiary/aromatic N) is 4. The first kappa shape index (κ1) is 24.9. The summed E-state index contributed by atoms with van der Waals surface area (Å²) in [4.78, 5) is 34.6. The van der Waals surface area contributed by atoms with E-state index >= 15 is 0 Å². The normalized spacial score (nSPS) is 24.4. The van der Waals surface area contributed by atoms with Crippen molar-refractivity contribution in [2.24, 2.45) is 4.99 Å². The summed E-state index contributed by atoms with van der Waals surface area (Å²) in [5.41, 5.74) is 0.165. The van der Waals surface area contributed by atoms with Gasteiger partial charge in [-0.1, -0.05) is 13.8 Å². The number of ether oxygens (including phenoxy) is 2. The van der Waals surface area contributed by atoms with Gasteiger partial charge in [0.15, 0.2) is 14.1 Å². The Morgan fingerprint density at radius 2 is 1.97 bits per heavy atom. The Labute approximate surface area is 191 Å². The zero-order valence-electron chi connectivity index (χ0n) is 20.3. The van der Waals surface area contributed by atoms with E-state index in [1.54, 1.807) is 6.33 Å². The topological polar surface area (TPSA) is 109 Å². The number of hydrogen-bond donors (Lipinski definition) is 2. The fraction of sp³-hybridized carbons (Fsp3) is 0.773. The summed E-state index contributed by atoms with van der Waals surface area (Å²) in [6.45, 7) is 13.9. The first-order valence-electron chi connectivity index (χ1n) is 11.3. The molecule has 0 aliphatic carbocycles. The van der Waals surface area contributed by atoms with Crippen molar-refractivity contribution in [1.82, 2.24) is 14.5 Å². The van der Waals surface area contributed by atoms with Crippen molar-refractivity contribution in [3.05, 3.63) is 12.0 Å². The lowest BCUT2D eigenvalue weighted by Crippen LogP contribution is -2.42. The molecule has 32 heavy (non-hydrogen) atoms. The standard InChI is InChI=1S/C22H38N4O5Si/c1-21(2,3)31-20(28)25-11-15(10-22(4,5)32(6,7)29)18-19(24-13-25)26(14-23-18)17-9-8-16(12-27)30-17/h13-17,27,29H,8-12H2,1-7H3/t15-,16+,17-/m1/s1. The molecule has 2 aliphatic heterocycles. The number of fused-ring (bicyclic) bond motifs is 1. The maximum Gasteiger partial charge on any atom is 0.415 e. The van der Waals surface area contributed by atoms with Gasteiger partial charge in [0.2, 0.25) is 0 Å². The van der Waals surface area contributed by atoms with Crippen LogP contribution in [0.5, 0.6) is 0 Å². The zero-order valence-corrected chi connectivity index (χ0v) is 21.3. The smallest absolute Gasteiger partial charge is 0.415 e. The Hall–Kier alpha value is -1.75. The Bertz CT molecular complexity index is 855. The number of aliphatic hydroxyl groups excluding tert-OH is 1. The number of imidazole rings is 1. The highest BCUT2D eigenvalue weighted by Gasteiger charge is 2.42. The second-order valence-corrected chi connectivity index (χ2v) is 15.5. The molecule has 2 N–H and O–H groups in total. The number of carbonyl (C=O) groups is 1. The third-order valence-electron chi connectivity index (χ3n) is 6.56. The number of aliphatic hydroxyl groups is 1.